The summed E-state index contributed by atoms with van der Waals surface area (Å²) in [6.07, 6.45) is 1.44. The average molecular weight is 391 g/mol. The van der Waals surface area contributed by atoms with Crippen molar-refractivity contribution in [3.8, 4) is 6.07 Å². The number of amides is 1. The second-order valence-corrected chi connectivity index (χ2v) is 7.02. The van der Waals surface area contributed by atoms with E-state index in [0.29, 0.717) is 11.3 Å². The highest BCUT2D eigenvalue weighted by Gasteiger charge is 2.15. The molecule has 0 atom stereocenters. The summed E-state index contributed by atoms with van der Waals surface area (Å²) in [4.78, 5) is 26.3. The Morgan fingerprint density at radius 3 is 2.38 bits per heavy atom. The summed E-state index contributed by atoms with van der Waals surface area (Å²) in [6.45, 7) is 3.59. The molecule has 0 bridgehead atoms. The van der Waals surface area contributed by atoms with Crippen LogP contribution in [-0.4, -0.2) is 32.6 Å². The number of carbonyl (C=O) groups excluding carboxylic acids is 2. The lowest BCUT2D eigenvalue weighted by molar-refractivity contribution is -0.142. The fourth-order valence-corrected chi connectivity index (χ4v) is 2.68. The van der Waals surface area contributed by atoms with E-state index in [1.54, 1.807) is 18.2 Å². The molecule has 0 radical (unpaired) electrons. The first-order valence-electron chi connectivity index (χ1n) is 9.27. The molecule has 0 aliphatic rings. The van der Waals surface area contributed by atoms with Crippen LogP contribution in [0.2, 0.25) is 0 Å². The molecule has 6 nitrogen and oxygen atoms in total. The number of ether oxygens (including phenoxy) is 1. The van der Waals surface area contributed by atoms with Gasteiger partial charge >= 0.3 is 5.97 Å². The maximum absolute atomic E-state index is 12.2. The summed E-state index contributed by atoms with van der Waals surface area (Å²) in [7, 11) is 3.85. The zero-order valence-corrected chi connectivity index (χ0v) is 17.1. The molecule has 2 rings (SSSR count). The second-order valence-electron chi connectivity index (χ2n) is 7.02. The number of carbonyl (C=O) groups is 2. The normalized spacial score (nSPS) is 11.0. The van der Waals surface area contributed by atoms with Crippen molar-refractivity contribution < 1.29 is 14.3 Å². The minimum Gasteiger partial charge on any atom is -0.451 e. The number of rotatable bonds is 7. The molecule has 29 heavy (non-hydrogen) atoms. The fourth-order valence-electron chi connectivity index (χ4n) is 2.68. The number of para-hydroxylation sites is 1. The number of esters is 1. The van der Waals surface area contributed by atoms with Crippen molar-refractivity contribution in [3.63, 3.8) is 0 Å². The molecular weight excluding hydrogens is 366 g/mol. The molecule has 0 saturated heterocycles. The summed E-state index contributed by atoms with van der Waals surface area (Å²) in [5, 5.41) is 12.0. The number of nitriles is 1. The summed E-state index contributed by atoms with van der Waals surface area (Å²) in [5.41, 5.74) is 3.20. The van der Waals surface area contributed by atoms with E-state index < -0.39 is 18.5 Å². The third kappa shape index (κ3) is 6.22. The molecule has 0 spiro atoms. The summed E-state index contributed by atoms with van der Waals surface area (Å²) in [5.74, 6) is -1.06. The smallest absolute Gasteiger partial charge is 0.349 e. The van der Waals surface area contributed by atoms with E-state index in [4.69, 9.17) is 4.74 Å². The number of hydrogen-bond acceptors (Lipinski definition) is 5. The molecule has 2 aromatic carbocycles. The van der Waals surface area contributed by atoms with Crippen molar-refractivity contribution in [2.24, 2.45) is 0 Å². The largest absolute Gasteiger partial charge is 0.451 e. The maximum Gasteiger partial charge on any atom is 0.349 e. The second kappa shape index (κ2) is 10.1. The standard InChI is InChI=1S/C23H25N3O3/c1-16(2)20-7-5-6-8-21(20)25-22(27)15-29-23(28)18(14-24)13-17-9-11-19(12-10-17)26(3)4/h5-13,16H,15H2,1-4H3,(H,25,27)/b18-13+. The highest BCUT2D eigenvalue weighted by Crippen LogP contribution is 2.23. The Bertz CT molecular complexity index is 939. The van der Waals surface area contributed by atoms with Gasteiger partial charge in [-0.2, -0.15) is 5.26 Å². The predicted molar refractivity (Wildman–Crippen MR) is 114 cm³/mol. The van der Waals surface area contributed by atoms with Crippen LogP contribution in [0.3, 0.4) is 0 Å². The zero-order valence-electron chi connectivity index (χ0n) is 17.1. The summed E-state index contributed by atoms with van der Waals surface area (Å²) < 4.78 is 5.01. The Hall–Kier alpha value is -3.59. The van der Waals surface area contributed by atoms with E-state index in [-0.39, 0.29) is 11.5 Å². The van der Waals surface area contributed by atoms with E-state index in [0.717, 1.165) is 11.3 Å². The average Bonchev–Trinajstić information content (AvgIpc) is 2.70. The Labute approximate surface area is 171 Å². The molecular formula is C23H25N3O3. The SMILES string of the molecule is CC(C)c1ccccc1NC(=O)COC(=O)/C(C#N)=C/c1ccc(N(C)C)cc1. The fraction of sp³-hybridized carbons (Fsp3) is 0.261. The summed E-state index contributed by atoms with van der Waals surface area (Å²) >= 11 is 0. The van der Waals surface area contributed by atoms with E-state index >= 15 is 0 Å². The molecule has 0 unspecified atom stereocenters. The van der Waals surface area contributed by atoms with E-state index in [1.807, 2.05) is 69.2 Å². The van der Waals surface area contributed by atoms with E-state index in [9.17, 15) is 14.9 Å². The first-order valence-corrected chi connectivity index (χ1v) is 9.27. The van der Waals surface area contributed by atoms with Gasteiger partial charge in [-0.25, -0.2) is 4.79 Å². The molecule has 0 aromatic heterocycles. The van der Waals surface area contributed by atoms with Crippen molar-refractivity contribution in [2.75, 3.05) is 30.9 Å². The summed E-state index contributed by atoms with van der Waals surface area (Å²) in [6, 6.07) is 16.7. The molecule has 0 saturated carbocycles. The molecule has 1 N–H and O–H groups in total. The maximum atomic E-state index is 12.2. The highest BCUT2D eigenvalue weighted by molar-refractivity contribution is 6.00. The van der Waals surface area contributed by atoms with Gasteiger partial charge in [0.2, 0.25) is 0 Å². The monoisotopic (exact) mass is 391 g/mol. The van der Waals surface area contributed by atoms with Gasteiger partial charge in [-0.3, -0.25) is 4.79 Å². The molecule has 1 amide bonds. The van der Waals surface area contributed by atoms with Gasteiger partial charge in [0.05, 0.1) is 0 Å². The molecule has 2 aromatic rings. The van der Waals surface area contributed by atoms with Gasteiger partial charge in [0.15, 0.2) is 6.61 Å². The first-order chi connectivity index (χ1) is 13.8. The van der Waals surface area contributed by atoms with Crippen LogP contribution in [0.15, 0.2) is 54.1 Å². The topological polar surface area (TPSA) is 82.4 Å². The van der Waals surface area contributed by atoms with E-state index in [2.05, 4.69) is 5.32 Å². The highest BCUT2D eigenvalue weighted by atomic mass is 16.5. The van der Waals surface area contributed by atoms with Crippen LogP contribution < -0.4 is 10.2 Å². The molecule has 6 heteroatoms. The number of nitrogens with zero attached hydrogens (tertiary/aromatic N) is 2. The van der Waals surface area contributed by atoms with E-state index in [1.165, 1.54) is 6.08 Å². The minimum absolute atomic E-state index is 0.169. The molecule has 0 fully saturated rings. The quantitative estimate of drug-likeness (QED) is 0.439. The van der Waals surface area contributed by atoms with Gasteiger partial charge in [-0.1, -0.05) is 44.2 Å². The van der Waals surface area contributed by atoms with Crippen LogP contribution in [0.5, 0.6) is 0 Å². The van der Waals surface area contributed by atoms with Crippen LogP contribution in [0, 0.1) is 11.3 Å². The van der Waals surface area contributed by atoms with Gasteiger partial charge in [-0.15, -0.1) is 0 Å². The van der Waals surface area contributed by atoms with Crippen LogP contribution >= 0.6 is 0 Å². The van der Waals surface area contributed by atoms with Crippen molar-refractivity contribution in [3.05, 3.63) is 65.2 Å². The van der Waals surface area contributed by atoms with Gasteiger partial charge in [0.25, 0.3) is 5.91 Å². The number of nitrogens with one attached hydrogen (secondary N) is 1. The number of hydrogen-bond donors (Lipinski definition) is 1. The predicted octanol–water partition coefficient (Wildman–Crippen LogP) is 3.96. The van der Waals surface area contributed by atoms with Gasteiger partial charge in [0.1, 0.15) is 11.6 Å². The van der Waals surface area contributed by atoms with Crippen LogP contribution in [0.25, 0.3) is 6.08 Å². The Kier molecular flexibility index (Phi) is 7.55. The Morgan fingerprint density at radius 2 is 1.79 bits per heavy atom. The van der Waals surface area contributed by atoms with Gasteiger partial charge < -0.3 is 15.0 Å². The van der Waals surface area contributed by atoms with Crippen LogP contribution in [-0.2, 0) is 14.3 Å². The third-order valence-corrected chi connectivity index (χ3v) is 4.25. The minimum atomic E-state index is -0.837. The first kappa shape index (κ1) is 21.7. The van der Waals surface area contributed by atoms with Crippen LogP contribution in [0.1, 0.15) is 30.9 Å². The Morgan fingerprint density at radius 1 is 1.14 bits per heavy atom. The lowest BCUT2D eigenvalue weighted by Gasteiger charge is -2.13. The Balaban J connectivity index is 1.99. The molecule has 0 aliphatic carbocycles. The molecule has 150 valence electrons. The molecule has 0 aliphatic heterocycles. The van der Waals surface area contributed by atoms with Crippen molar-refractivity contribution in [1.29, 1.82) is 5.26 Å². The lowest BCUT2D eigenvalue weighted by atomic mass is 10.0. The third-order valence-electron chi connectivity index (χ3n) is 4.25. The van der Waals surface area contributed by atoms with Gasteiger partial charge in [-0.05, 0) is 41.3 Å². The van der Waals surface area contributed by atoms with Crippen LogP contribution in [0.4, 0.5) is 11.4 Å². The zero-order chi connectivity index (χ0) is 21.4. The van der Waals surface area contributed by atoms with Gasteiger partial charge in [0, 0.05) is 25.5 Å². The molecule has 0 heterocycles. The van der Waals surface area contributed by atoms with Crippen molar-refractivity contribution in [2.45, 2.75) is 19.8 Å². The number of anilines is 2. The lowest BCUT2D eigenvalue weighted by Crippen LogP contribution is -2.22. The van der Waals surface area contributed by atoms with Crippen molar-refractivity contribution in [1.82, 2.24) is 0 Å². The van der Waals surface area contributed by atoms with Crippen molar-refractivity contribution >= 4 is 29.3 Å². The number of benzene rings is 2.